The molecule has 0 atom stereocenters. The molecule has 0 saturated carbocycles. The second kappa shape index (κ2) is 12.3. The lowest BCUT2D eigenvalue weighted by Gasteiger charge is -2.25. The van der Waals surface area contributed by atoms with Crippen LogP contribution >= 0.6 is 0 Å². The van der Waals surface area contributed by atoms with Crippen LogP contribution in [0.1, 0.15) is 12.5 Å². The van der Waals surface area contributed by atoms with Crippen molar-refractivity contribution in [2.24, 2.45) is 5.10 Å². The van der Waals surface area contributed by atoms with Gasteiger partial charge in [-0.2, -0.15) is 0 Å². The zero-order valence-electron chi connectivity index (χ0n) is 17.9. The Hall–Kier alpha value is -4.24. The van der Waals surface area contributed by atoms with E-state index in [0.29, 0.717) is 23.5 Å². The molecule has 0 fully saturated rings. The summed E-state index contributed by atoms with van der Waals surface area (Å²) in [7, 11) is 4.52. The van der Waals surface area contributed by atoms with E-state index < -0.39 is 5.91 Å². The van der Waals surface area contributed by atoms with E-state index in [4.69, 9.17) is 15.9 Å². The summed E-state index contributed by atoms with van der Waals surface area (Å²) in [6.45, 7) is 4.87. The smallest absolute Gasteiger partial charge is 0.271 e. The fourth-order valence-electron chi connectivity index (χ4n) is 2.35. The molecule has 2 amide bonds. The quantitative estimate of drug-likeness (QED) is 0.156. The summed E-state index contributed by atoms with van der Waals surface area (Å²) in [4.78, 5) is 37.3. The molecule has 0 aliphatic rings. The highest BCUT2D eigenvalue weighted by Crippen LogP contribution is 2.27. The van der Waals surface area contributed by atoms with Crippen LogP contribution in [-0.4, -0.2) is 68.1 Å². The first-order chi connectivity index (χ1) is 14.8. The summed E-state index contributed by atoms with van der Waals surface area (Å²) in [6.07, 6.45) is 5.65. The SMILES string of the molecule is C#CCN(CC(C)=O)C(=O)C(=C)N(C)/C(C#Cc1ccc(OC)c(OC)c1)=N\NC=O. The van der Waals surface area contributed by atoms with Crippen molar-refractivity contribution in [3.63, 3.8) is 0 Å². The number of rotatable bonds is 9. The van der Waals surface area contributed by atoms with Gasteiger partial charge in [0.2, 0.25) is 12.2 Å². The molecule has 1 aromatic rings. The van der Waals surface area contributed by atoms with Crippen LogP contribution < -0.4 is 14.9 Å². The minimum absolute atomic E-state index is 0.0312. The third kappa shape index (κ3) is 7.26. The Balaban J connectivity index is 3.20. The number of ketones is 1. The van der Waals surface area contributed by atoms with Gasteiger partial charge in [0, 0.05) is 12.6 Å². The van der Waals surface area contributed by atoms with Crippen molar-refractivity contribution in [2.45, 2.75) is 6.92 Å². The van der Waals surface area contributed by atoms with Gasteiger partial charge in [-0.1, -0.05) is 18.4 Å². The predicted molar refractivity (Wildman–Crippen MR) is 116 cm³/mol. The molecular weight excluding hydrogens is 400 g/mol. The van der Waals surface area contributed by atoms with E-state index >= 15 is 0 Å². The number of methoxy groups -OCH3 is 2. The first kappa shape index (κ1) is 24.8. The van der Waals surface area contributed by atoms with Gasteiger partial charge in [0.05, 0.1) is 27.3 Å². The van der Waals surface area contributed by atoms with Crippen molar-refractivity contribution < 1.29 is 23.9 Å². The van der Waals surface area contributed by atoms with Gasteiger partial charge in [0.1, 0.15) is 11.5 Å². The molecule has 0 saturated heterocycles. The molecule has 1 aromatic carbocycles. The van der Waals surface area contributed by atoms with Crippen LogP contribution in [0, 0.1) is 24.2 Å². The number of Topliss-reactive ketones (excluding diaryl/α,β-unsaturated/α-hetero) is 1. The van der Waals surface area contributed by atoms with Crippen molar-refractivity contribution in [3.05, 3.63) is 36.0 Å². The van der Waals surface area contributed by atoms with Crippen molar-refractivity contribution >= 4 is 23.9 Å². The number of hydrogen-bond acceptors (Lipinski definition) is 6. The molecule has 0 unspecified atom stereocenters. The number of nitrogens with one attached hydrogen (secondary N) is 1. The number of hydrazone groups is 1. The molecule has 0 aliphatic heterocycles. The average molecular weight is 424 g/mol. The number of ether oxygens (including phenoxy) is 2. The Morgan fingerprint density at radius 2 is 1.97 bits per heavy atom. The number of amides is 2. The van der Waals surface area contributed by atoms with Gasteiger partial charge in [-0.05, 0) is 31.0 Å². The molecular formula is C22H24N4O5. The Morgan fingerprint density at radius 1 is 1.29 bits per heavy atom. The molecule has 0 spiro atoms. The van der Waals surface area contributed by atoms with Gasteiger partial charge in [-0.3, -0.25) is 14.4 Å². The lowest BCUT2D eigenvalue weighted by Crippen LogP contribution is -2.41. The summed E-state index contributed by atoms with van der Waals surface area (Å²) >= 11 is 0. The lowest BCUT2D eigenvalue weighted by molar-refractivity contribution is -0.131. The minimum Gasteiger partial charge on any atom is -0.493 e. The highest BCUT2D eigenvalue weighted by molar-refractivity contribution is 6.05. The summed E-state index contributed by atoms with van der Waals surface area (Å²) in [5, 5.41) is 3.86. The largest absolute Gasteiger partial charge is 0.493 e. The standard InChI is InChI=1S/C22H24N4O5/c1-7-12-26(14-16(2)28)22(29)17(3)25(4)21(24-23-15-27)11-9-18-8-10-19(30-5)20(13-18)31-6/h1,8,10,13,15H,3,12,14H2,2,4-6H3,(H,23,27)/b24-21-. The Kier molecular flexibility index (Phi) is 9.88. The minimum atomic E-state index is -0.567. The molecule has 162 valence electrons. The summed E-state index contributed by atoms with van der Waals surface area (Å²) < 4.78 is 10.4. The van der Waals surface area contributed by atoms with Gasteiger partial charge >= 0.3 is 0 Å². The molecule has 0 aromatic heterocycles. The van der Waals surface area contributed by atoms with Gasteiger partial charge in [-0.15, -0.1) is 11.5 Å². The van der Waals surface area contributed by atoms with Crippen LogP contribution in [0.15, 0.2) is 35.6 Å². The van der Waals surface area contributed by atoms with Gasteiger partial charge in [0.25, 0.3) is 5.91 Å². The maximum Gasteiger partial charge on any atom is 0.271 e. The fraction of sp³-hybridized carbons (Fsp3) is 0.273. The van der Waals surface area contributed by atoms with Crippen molar-refractivity contribution in [1.29, 1.82) is 0 Å². The van der Waals surface area contributed by atoms with Crippen molar-refractivity contribution in [2.75, 3.05) is 34.4 Å². The van der Waals surface area contributed by atoms with E-state index in [0.717, 1.165) is 0 Å². The van der Waals surface area contributed by atoms with E-state index in [1.54, 1.807) is 18.2 Å². The van der Waals surface area contributed by atoms with Crippen LogP contribution in [0.5, 0.6) is 11.5 Å². The third-order valence-electron chi connectivity index (χ3n) is 3.88. The number of carbonyl (C=O) groups excluding carboxylic acids is 3. The number of benzene rings is 1. The number of carbonyl (C=O) groups is 3. The molecule has 9 heteroatoms. The molecule has 0 radical (unpaired) electrons. The molecule has 1 N–H and O–H groups in total. The molecule has 1 rings (SSSR count). The molecule has 31 heavy (non-hydrogen) atoms. The Labute approximate surface area is 181 Å². The topological polar surface area (TPSA) is 101 Å². The summed E-state index contributed by atoms with van der Waals surface area (Å²) in [5.74, 6) is 8.24. The maximum atomic E-state index is 12.7. The molecule has 0 bridgehead atoms. The monoisotopic (exact) mass is 424 g/mol. The zero-order chi connectivity index (χ0) is 23.4. The van der Waals surface area contributed by atoms with Crippen LogP contribution in [0.2, 0.25) is 0 Å². The van der Waals surface area contributed by atoms with Crippen LogP contribution in [0.4, 0.5) is 0 Å². The van der Waals surface area contributed by atoms with E-state index in [1.807, 2.05) is 0 Å². The number of terminal acetylenes is 1. The highest BCUT2D eigenvalue weighted by atomic mass is 16.5. The summed E-state index contributed by atoms with van der Waals surface area (Å²) in [6, 6.07) is 5.06. The van der Waals surface area contributed by atoms with Gasteiger partial charge in [0.15, 0.2) is 11.5 Å². The highest BCUT2D eigenvalue weighted by Gasteiger charge is 2.22. The van der Waals surface area contributed by atoms with Crippen LogP contribution in [0.25, 0.3) is 0 Å². The van der Waals surface area contributed by atoms with Crippen molar-refractivity contribution in [3.8, 4) is 35.7 Å². The van der Waals surface area contributed by atoms with Gasteiger partial charge in [-0.25, -0.2) is 5.43 Å². The number of nitrogens with zero attached hydrogens (tertiary/aromatic N) is 3. The number of amidine groups is 1. The van der Waals surface area contributed by atoms with Crippen LogP contribution in [-0.2, 0) is 14.4 Å². The van der Waals surface area contributed by atoms with E-state index in [1.165, 1.54) is 38.0 Å². The Bertz CT molecular complexity index is 982. The van der Waals surface area contributed by atoms with Crippen LogP contribution in [0.3, 0.4) is 0 Å². The average Bonchev–Trinajstić information content (AvgIpc) is 2.76. The first-order valence-electron chi connectivity index (χ1n) is 8.94. The fourth-order valence-corrected chi connectivity index (χ4v) is 2.35. The second-order valence-electron chi connectivity index (χ2n) is 6.08. The first-order valence-corrected chi connectivity index (χ1v) is 8.94. The number of likely N-dealkylation sites (N-methyl/N-ethyl adjacent to an activating group) is 1. The van der Waals surface area contributed by atoms with Crippen molar-refractivity contribution in [1.82, 2.24) is 15.2 Å². The predicted octanol–water partition coefficient (Wildman–Crippen LogP) is 0.611. The van der Waals surface area contributed by atoms with E-state index in [-0.39, 0.29) is 30.4 Å². The zero-order valence-corrected chi connectivity index (χ0v) is 17.9. The Morgan fingerprint density at radius 3 is 2.52 bits per heavy atom. The number of hydrogen-bond donors (Lipinski definition) is 1. The molecule has 0 heterocycles. The lowest BCUT2D eigenvalue weighted by atomic mass is 10.2. The second-order valence-corrected chi connectivity index (χ2v) is 6.08. The normalized spacial score (nSPS) is 9.97. The summed E-state index contributed by atoms with van der Waals surface area (Å²) in [5.41, 5.74) is 2.69. The maximum absolute atomic E-state index is 12.7. The third-order valence-corrected chi connectivity index (χ3v) is 3.88. The van der Waals surface area contributed by atoms with E-state index in [2.05, 4.69) is 34.9 Å². The van der Waals surface area contributed by atoms with E-state index in [9.17, 15) is 14.4 Å². The molecule has 9 nitrogen and oxygen atoms in total. The van der Waals surface area contributed by atoms with Gasteiger partial charge < -0.3 is 19.3 Å². The molecule has 0 aliphatic carbocycles.